The van der Waals surface area contributed by atoms with Crippen LogP contribution in [0.4, 0.5) is 0 Å². The second-order valence-electron chi connectivity index (χ2n) is 7.27. The molecule has 0 aromatic heterocycles. The highest BCUT2D eigenvalue weighted by Gasteiger charge is 2.43. The lowest BCUT2D eigenvalue weighted by molar-refractivity contribution is -0.161. The molecule has 29 heavy (non-hydrogen) atoms. The number of amides is 1. The van der Waals surface area contributed by atoms with Crippen molar-refractivity contribution in [3.63, 3.8) is 0 Å². The first-order chi connectivity index (χ1) is 13.8. The first kappa shape index (κ1) is 21.6. The van der Waals surface area contributed by atoms with Crippen molar-refractivity contribution in [3.05, 3.63) is 64.2 Å². The van der Waals surface area contributed by atoms with Crippen LogP contribution in [0.3, 0.4) is 0 Å². The number of β-amino-alcohol motifs (C(OH)–C–C–N with tert-alkyl or cyclic N) is 1. The first-order valence-corrected chi connectivity index (χ1v) is 10.0. The predicted octanol–water partition coefficient (Wildman–Crippen LogP) is 2.32. The van der Waals surface area contributed by atoms with Crippen LogP contribution in [0.25, 0.3) is 0 Å². The lowest BCUT2D eigenvalue weighted by atomic mass is 9.87. The quantitative estimate of drug-likeness (QED) is 0.692. The van der Waals surface area contributed by atoms with Gasteiger partial charge in [-0.05, 0) is 48.2 Å². The van der Waals surface area contributed by atoms with Crippen LogP contribution in [0.15, 0.2) is 42.5 Å². The minimum atomic E-state index is -1.33. The smallest absolute Gasteiger partial charge is 0.220 e. The molecule has 1 saturated heterocycles. The van der Waals surface area contributed by atoms with Gasteiger partial charge < -0.3 is 25.0 Å². The normalized spacial score (nSPS) is 24.4. The minimum absolute atomic E-state index is 0.0466. The minimum Gasteiger partial charge on any atom is -0.494 e. The summed E-state index contributed by atoms with van der Waals surface area (Å²) in [5.74, 6) is 0.508. The molecule has 1 amide bonds. The van der Waals surface area contributed by atoms with Gasteiger partial charge in [0.25, 0.3) is 0 Å². The lowest BCUT2D eigenvalue weighted by Gasteiger charge is -2.43. The highest BCUT2D eigenvalue weighted by Crippen LogP contribution is 2.34. The number of piperidine rings is 1. The van der Waals surface area contributed by atoms with Gasteiger partial charge in [-0.1, -0.05) is 35.9 Å². The van der Waals surface area contributed by atoms with E-state index < -0.39 is 24.4 Å². The molecule has 0 spiro atoms. The highest BCUT2D eigenvalue weighted by molar-refractivity contribution is 6.31. The topological polar surface area (TPSA) is 90.2 Å². The van der Waals surface area contributed by atoms with Crippen molar-refractivity contribution in [3.8, 4) is 5.75 Å². The Kier molecular flexibility index (Phi) is 6.80. The molecule has 4 atom stereocenters. The number of hydrogen-bond acceptors (Lipinski definition) is 5. The van der Waals surface area contributed by atoms with Crippen molar-refractivity contribution in [2.24, 2.45) is 0 Å². The zero-order valence-corrected chi connectivity index (χ0v) is 17.2. The Morgan fingerprint density at radius 3 is 2.45 bits per heavy atom. The van der Waals surface area contributed by atoms with Gasteiger partial charge in [-0.2, -0.15) is 0 Å². The van der Waals surface area contributed by atoms with E-state index in [4.69, 9.17) is 16.3 Å². The maximum absolute atomic E-state index is 12.1. The second kappa shape index (κ2) is 9.13. The molecule has 1 fully saturated rings. The van der Waals surface area contributed by atoms with E-state index in [0.717, 1.165) is 16.9 Å². The van der Waals surface area contributed by atoms with E-state index in [-0.39, 0.29) is 12.5 Å². The van der Waals surface area contributed by atoms with E-state index in [1.807, 2.05) is 37.3 Å². The zero-order valence-electron chi connectivity index (χ0n) is 16.5. The number of aliphatic hydroxyl groups is 3. The monoisotopic (exact) mass is 419 g/mol. The number of carbonyl (C=O) groups excluding carboxylic acids is 1. The van der Waals surface area contributed by atoms with E-state index in [9.17, 15) is 20.1 Å². The summed E-state index contributed by atoms with van der Waals surface area (Å²) in [5, 5.41) is 31.2. The molecule has 2 aromatic rings. The molecule has 0 saturated carbocycles. The number of likely N-dealkylation sites (tertiary alicyclic amines) is 1. The Morgan fingerprint density at radius 2 is 1.83 bits per heavy atom. The average molecular weight is 420 g/mol. The number of halogens is 1. The molecule has 1 aliphatic heterocycles. The number of nitrogens with zero attached hydrogens (tertiary/aromatic N) is 1. The highest BCUT2D eigenvalue weighted by atomic mass is 35.5. The Balaban J connectivity index is 1.89. The molecule has 0 radical (unpaired) electrons. The maximum Gasteiger partial charge on any atom is 0.220 e. The summed E-state index contributed by atoms with van der Waals surface area (Å²) < 4.78 is 5.46. The van der Waals surface area contributed by atoms with Gasteiger partial charge in [0.05, 0.1) is 12.6 Å². The second-order valence-corrected chi connectivity index (χ2v) is 7.68. The summed E-state index contributed by atoms with van der Waals surface area (Å²) >= 11 is 6.40. The van der Waals surface area contributed by atoms with Crippen molar-refractivity contribution in [2.45, 2.75) is 44.6 Å². The summed E-state index contributed by atoms with van der Waals surface area (Å²) in [6, 6.07) is 12.3. The third-order valence-electron chi connectivity index (χ3n) is 5.23. The summed E-state index contributed by atoms with van der Waals surface area (Å²) in [4.78, 5) is 13.5. The summed E-state index contributed by atoms with van der Waals surface area (Å²) in [7, 11) is 0. The molecule has 7 heteroatoms. The third-order valence-corrected chi connectivity index (χ3v) is 5.60. The fourth-order valence-corrected chi connectivity index (χ4v) is 3.91. The van der Waals surface area contributed by atoms with Crippen LogP contribution in [-0.4, -0.2) is 57.6 Å². The number of hydrogen-bond donors (Lipinski definition) is 3. The van der Waals surface area contributed by atoms with Gasteiger partial charge in [0, 0.05) is 18.5 Å². The maximum atomic E-state index is 12.1. The molecule has 156 valence electrons. The molecule has 1 heterocycles. The van der Waals surface area contributed by atoms with E-state index in [0.29, 0.717) is 23.6 Å². The molecule has 0 unspecified atom stereocenters. The molecule has 0 aliphatic carbocycles. The fraction of sp³-hybridized carbons (Fsp3) is 0.409. The molecule has 2 aromatic carbocycles. The van der Waals surface area contributed by atoms with Gasteiger partial charge >= 0.3 is 0 Å². The van der Waals surface area contributed by atoms with Crippen molar-refractivity contribution in [1.82, 2.24) is 4.90 Å². The fourth-order valence-electron chi connectivity index (χ4n) is 3.73. The van der Waals surface area contributed by atoms with Crippen molar-refractivity contribution in [1.29, 1.82) is 0 Å². The van der Waals surface area contributed by atoms with Gasteiger partial charge in [-0.15, -0.1) is 0 Å². The van der Waals surface area contributed by atoms with Crippen LogP contribution in [0.1, 0.15) is 36.6 Å². The van der Waals surface area contributed by atoms with E-state index in [1.165, 1.54) is 11.8 Å². The predicted molar refractivity (Wildman–Crippen MR) is 110 cm³/mol. The number of ether oxygens (including phenoxy) is 1. The van der Waals surface area contributed by atoms with Crippen molar-refractivity contribution < 1.29 is 24.9 Å². The van der Waals surface area contributed by atoms with Gasteiger partial charge in [0.2, 0.25) is 5.91 Å². The van der Waals surface area contributed by atoms with Crippen LogP contribution >= 0.6 is 11.6 Å². The van der Waals surface area contributed by atoms with Gasteiger partial charge in [-0.3, -0.25) is 4.79 Å². The molecule has 3 N–H and O–H groups in total. The first-order valence-electron chi connectivity index (χ1n) is 9.63. The van der Waals surface area contributed by atoms with Crippen LogP contribution < -0.4 is 4.74 Å². The van der Waals surface area contributed by atoms with Crippen LogP contribution in [-0.2, 0) is 11.2 Å². The Morgan fingerprint density at radius 1 is 1.14 bits per heavy atom. The van der Waals surface area contributed by atoms with E-state index in [1.54, 1.807) is 12.1 Å². The van der Waals surface area contributed by atoms with Crippen LogP contribution in [0.5, 0.6) is 5.75 Å². The van der Waals surface area contributed by atoms with Crippen molar-refractivity contribution >= 4 is 17.5 Å². The molecule has 3 rings (SSSR count). The SMILES string of the molecule is CCOc1ccc(Cc2cc([C@@H]3[C@@H](O)[C@H](O)[C@H](O)CN3C(C)=O)ccc2Cl)cc1. The van der Waals surface area contributed by atoms with E-state index in [2.05, 4.69) is 0 Å². The zero-order chi connectivity index (χ0) is 21.1. The van der Waals surface area contributed by atoms with Crippen molar-refractivity contribution in [2.75, 3.05) is 13.2 Å². The summed E-state index contributed by atoms with van der Waals surface area (Å²) in [5.41, 5.74) is 2.53. The molecule has 6 nitrogen and oxygen atoms in total. The Hall–Kier alpha value is -2.12. The van der Waals surface area contributed by atoms with Gasteiger partial charge in [0.15, 0.2) is 0 Å². The third kappa shape index (κ3) is 4.73. The number of benzene rings is 2. The summed E-state index contributed by atoms with van der Waals surface area (Å²) in [6.45, 7) is 3.86. The van der Waals surface area contributed by atoms with Crippen LogP contribution in [0, 0.1) is 0 Å². The molecular formula is C22H26ClNO5. The number of aliphatic hydroxyl groups excluding tert-OH is 3. The van der Waals surface area contributed by atoms with Gasteiger partial charge in [0.1, 0.15) is 24.1 Å². The number of carbonyl (C=O) groups is 1. The number of rotatable bonds is 5. The molecule has 1 aliphatic rings. The average Bonchev–Trinajstić information content (AvgIpc) is 2.69. The van der Waals surface area contributed by atoms with Crippen LogP contribution in [0.2, 0.25) is 5.02 Å². The standard InChI is InChI=1S/C22H26ClNO5/c1-3-29-17-7-4-14(5-8-17)10-16-11-15(6-9-18(16)23)20-22(28)21(27)19(26)12-24(20)13(2)25/h4-9,11,19-22,26-28H,3,10,12H2,1-2H3/t19-,20-,21-,22-/m1/s1. The Bertz CT molecular complexity index is 857. The Labute approximate surface area is 175 Å². The van der Waals surface area contributed by atoms with E-state index >= 15 is 0 Å². The summed E-state index contributed by atoms with van der Waals surface area (Å²) in [6.07, 6.45) is -3.27. The van der Waals surface area contributed by atoms with Gasteiger partial charge in [-0.25, -0.2) is 0 Å². The lowest BCUT2D eigenvalue weighted by Crippen LogP contribution is -2.58. The largest absolute Gasteiger partial charge is 0.494 e. The molecule has 0 bridgehead atoms. The molecular weight excluding hydrogens is 394 g/mol.